The van der Waals surface area contributed by atoms with Crippen molar-refractivity contribution in [1.29, 1.82) is 0 Å². The summed E-state index contributed by atoms with van der Waals surface area (Å²) in [7, 11) is 0. The molecule has 1 heterocycles. The molecule has 0 unspecified atom stereocenters. The van der Waals surface area contributed by atoms with Crippen molar-refractivity contribution in [2.75, 3.05) is 13.2 Å². The summed E-state index contributed by atoms with van der Waals surface area (Å²) in [5, 5.41) is 0. The molecule has 1 aromatic carbocycles. The van der Waals surface area contributed by atoms with E-state index in [2.05, 4.69) is 0 Å². The van der Waals surface area contributed by atoms with Crippen LogP contribution in [-0.4, -0.2) is 34.3 Å². The third kappa shape index (κ3) is 3.06. The fourth-order valence-electron chi connectivity index (χ4n) is 2.68. The minimum atomic E-state index is -0.794. The summed E-state index contributed by atoms with van der Waals surface area (Å²) in [5.74, 6) is -0.988. The molecule has 0 spiro atoms. The number of carbonyl (C=O) groups excluding carboxylic acids is 2. The molecule has 0 aliphatic rings. The molecule has 0 N–H and O–H groups in total. The van der Waals surface area contributed by atoms with Crippen LogP contribution in [0.15, 0.2) is 29.1 Å². The van der Waals surface area contributed by atoms with E-state index in [9.17, 15) is 14.4 Å². The van der Waals surface area contributed by atoms with Gasteiger partial charge in [-0.05, 0) is 39.8 Å². The van der Waals surface area contributed by atoms with Crippen LogP contribution in [0.1, 0.15) is 39.8 Å². The molecule has 0 aliphatic heterocycles. The van der Waals surface area contributed by atoms with E-state index in [-0.39, 0.29) is 13.2 Å². The van der Waals surface area contributed by atoms with E-state index in [1.165, 1.54) is 9.13 Å². The number of carbonyl (C=O) groups is 2. The molecule has 7 heteroatoms. The van der Waals surface area contributed by atoms with Crippen molar-refractivity contribution >= 4 is 23.0 Å². The standard InChI is InChI=1S/C17H22N2O5/c1-5-23-15(20)11(3)18-13-9-7-8-10-14(13)19(17(18)22)12(4)16(21)24-6-2/h7-12H,5-6H2,1-4H3/t11-,12+. The minimum Gasteiger partial charge on any atom is -0.464 e. The van der Waals surface area contributed by atoms with Crippen LogP contribution in [0.2, 0.25) is 0 Å². The molecule has 0 radical (unpaired) electrons. The molecule has 24 heavy (non-hydrogen) atoms. The zero-order valence-corrected chi connectivity index (χ0v) is 14.3. The highest BCUT2D eigenvalue weighted by molar-refractivity contribution is 5.83. The van der Waals surface area contributed by atoms with E-state index in [1.54, 1.807) is 52.0 Å². The zero-order chi connectivity index (χ0) is 17.9. The summed E-state index contributed by atoms with van der Waals surface area (Å²) in [6.45, 7) is 7.08. The van der Waals surface area contributed by atoms with E-state index in [1.807, 2.05) is 0 Å². The lowest BCUT2D eigenvalue weighted by Crippen LogP contribution is -2.34. The molecule has 2 atom stereocenters. The first-order valence-electron chi connectivity index (χ1n) is 7.98. The van der Waals surface area contributed by atoms with Gasteiger partial charge in [-0.25, -0.2) is 14.4 Å². The molecule has 2 rings (SSSR count). The van der Waals surface area contributed by atoms with Gasteiger partial charge in [0.1, 0.15) is 12.1 Å². The van der Waals surface area contributed by atoms with Crippen LogP contribution in [0.5, 0.6) is 0 Å². The lowest BCUT2D eigenvalue weighted by Gasteiger charge is -2.13. The third-order valence-electron chi connectivity index (χ3n) is 3.84. The maximum Gasteiger partial charge on any atom is 0.330 e. The van der Waals surface area contributed by atoms with E-state index in [4.69, 9.17) is 9.47 Å². The summed E-state index contributed by atoms with van der Waals surface area (Å²) in [6, 6.07) is 5.43. The molecule has 0 bridgehead atoms. The Bertz CT molecular complexity index is 741. The van der Waals surface area contributed by atoms with Gasteiger partial charge in [0.05, 0.1) is 24.2 Å². The van der Waals surface area contributed by atoms with Gasteiger partial charge >= 0.3 is 17.6 Å². The topological polar surface area (TPSA) is 79.5 Å². The first-order valence-corrected chi connectivity index (χ1v) is 7.98. The second-order valence-electron chi connectivity index (χ2n) is 5.37. The average molecular weight is 334 g/mol. The highest BCUT2D eigenvalue weighted by Crippen LogP contribution is 2.21. The summed E-state index contributed by atoms with van der Waals surface area (Å²) in [5.41, 5.74) is 0.690. The van der Waals surface area contributed by atoms with Crippen molar-refractivity contribution in [3.05, 3.63) is 34.7 Å². The maximum absolute atomic E-state index is 12.9. The number of para-hydroxylation sites is 2. The molecule has 7 nitrogen and oxygen atoms in total. The number of rotatable bonds is 6. The number of esters is 2. The highest BCUT2D eigenvalue weighted by Gasteiger charge is 2.27. The summed E-state index contributed by atoms with van der Waals surface area (Å²) in [4.78, 5) is 37.0. The van der Waals surface area contributed by atoms with Gasteiger partial charge in [0.25, 0.3) is 0 Å². The number of ether oxygens (including phenoxy) is 2. The predicted octanol–water partition coefficient (Wildman–Crippen LogP) is 2.05. The summed E-state index contributed by atoms with van der Waals surface area (Å²) in [6.07, 6.45) is 0. The molecule has 2 aromatic rings. The first-order chi connectivity index (χ1) is 11.4. The predicted molar refractivity (Wildman–Crippen MR) is 88.9 cm³/mol. The van der Waals surface area contributed by atoms with Crippen molar-refractivity contribution in [3.63, 3.8) is 0 Å². The van der Waals surface area contributed by atoms with Gasteiger partial charge in [0.15, 0.2) is 0 Å². The number of hydrogen-bond acceptors (Lipinski definition) is 5. The molecule has 0 aliphatic carbocycles. The van der Waals surface area contributed by atoms with Crippen LogP contribution >= 0.6 is 0 Å². The molecule has 0 amide bonds. The van der Waals surface area contributed by atoms with Crippen molar-refractivity contribution < 1.29 is 19.1 Å². The fraction of sp³-hybridized carbons (Fsp3) is 0.471. The van der Waals surface area contributed by atoms with Gasteiger partial charge in [-0.2, -0.15) is 0 Å². The molecule has 0 saturated carbocycles. The van der Waals surface area contributed by atoms with Crippen molar-refractivity contribution in [2.24, 2.45) is 0 Å². The molecule has 0 saturated heterocycles. The lowest BCUT2D eigenvalue weighted by atomic mass is 10.2. The number of imidazole rings is 1. The first kappa shape index (κ1) is 17.8. The maximum atomic E-state index is 12.9. The molecular weight excluding hydrogens is 312 g/mol. The van der Waals surface area contributed by atoms with E-state index in [0.717, 1.165) is 0 Å². The summed E-state index contributed by atoms with van der Waals surface area (Å²) < 4.78 is 12.7. The number of hydrogen-bond donors (Lipinski definition) is 0. The fourth-order valence-corrected chi connectivity index (χ4v) is 2.68. The van der Waals surface area contributed by atoms with Crippen LogP contribution in [0.3, 0.4) is 0 Å². The van der Waals surface area contributed by atoms with Gasteiger partial charge < -0.3 is 9.47 Å². The summed E-state index contributed by atoms with van der Waals surface area (Å²) >= 11 is 0. The van der Waals surface area contributed by atoms with E-state index < -0.39 is 29.7 Å². The van der Waals surface area contributed by atoms with Gasteiger partial charge in [0.2, 0.25) is 0 Å². The van der Waals surface area contributed by atoms with Crippen LogP contribution in [0.25, 0.3) is 11.0 Å². The zero-order valence-electron chi connectivity index (χ0n) is 14.3. The second kappa shape index (κ2) is 7.33. The number of nitrogens with zero attached hydrogens (tertiary/aromatic N) is 2. The normalized spacial score (nSPS) is 13.5. The largest absolute Gasteiger partial charge is 0.464 e. The Balaban J connectivity index is 2.63. The third-order valence-corrected chi connectivity index (χ3v) is 3.84. The number of fused-ring (bicyclic) bond motifs is 1. The Morgan fingerprint density at radius 3 is 1.62 bits per heavy atom. The van der Waals surface area contributed by atoms with Gasteiger partial charge in [0, 0.05) is 0 Å². The van der Waals surface area contributed by atoms with Crippen LogP contribution in [0.4, 0.5) is 0 Å². The van der Waals surface area contributed by atoms with Gasteiger partial charge in [-0.1, -0.05) is 12.1 Å². The quantitative estimate of drug-likeness (QED) is 0.755. The van der Waals surface area contributed by atoms with Crippen LogP contribution in [0, 0.1) is 0 Å². The Kier molecular flexibility index (Phi) is 5.43. The minimum absolute atomic E-state index is 0.232. The molecule has 0 fully saturated rings. The molecular formula is C17H22N2O5. The Morgan fingerprint density at radius 1 is 0.917 bits per heavy atom. The smallest absolute Gasteiger partial charge is 0.330 e. The van der Waals surface area contributed by atoms with E-state index >= 15 is 0 Å². The number of aromatic nitrogens is 2. The van der Waals surface area contributed by atoms with Crippen molar-refractivity contribution in [2.45, 2.75) is 39.8 Å². The highest BCUT2D eigenvalue weighted by atomic mass is 16.5. The van der Waals surface area contributed by atoms with Crippen LogP contribution in [-0.2, 0) is 19.1 Å². The Hall–Kier alpha value is -2.57. The number of benzene rings is 1. The van der Waals surface area contributed by atoms with Crippen molar-refractivity contribution in [1.82, 2.24) is 9.13 Å². The molecule has 1 aromatic heterocycles. The van der Waals surface area contributed by atoms with Gasteiger partial charge in [-0.15, -0.1) is 0 Å². The van der Waals surface area contributed by atoms with Crippen molar-refractivity contribution in [3.8, 4) is 0 Å². The monoisotopic (exact) mass is 334 g/mol. The van der Waals surface area contributed by atoms with Gasteiger partial charge in [-0.3, -0.25) is 9.13 Å². The SMILES string of the molecule is CCOC(=O)[C@@H](C)n1c(=O)n([C@@H](C)C(=O)OCC)c2ccccc21. The lowest BCUT2D eigenvalue weighted by molar-refractivity contribution is -0.146. The van der Waals surface area contributed by atoms with E-state index in [0.29, 0.717) is 11.0 Å². The second-order valence-corrected chi connectivity index (χ2v) is 5.37. The Labute approximate surface area is 139 Å². The average Bonchev–Trinajstić information content (AvgIpc) is 2.85. The Morgan fingerprint density at radius 2 is 1.29 bits per heavy atom. The van der Waals surface area contributed by atoms with Crippen LogP contribution < -0.4 is 5.69 Å². The molecule has 130 valence electrons.